The summed E-state index contributed by atoms with van der Waals surface area (Å²) in [4.78, 5) is 0. The molecule has 2 aromatic rings. The van der Waals surface area contributed by atoms with Crippen LogP contribution in [0.2, 0.25) is 0 Å². The fourth-order valence-electron chi connectivity index (χ4n) is 2.15. The number of fused-ring (bicyclic) bond motifs is 1. The number of β-amino-alcohol motifs (C(OH)–C–C–N with tert-alkyl or cyclic N) is 1. The van der Waals surface area contributed by atoms with Gasteiger partial charge in [0.1, 0.15) is 0 Å². The molecule has 0 unspecified atom stereocenters. The summed E-state index contributed by atoms with van der Waals surface area (Å²) in [5.74, 6) is -0.558. The molecule has 4 nitrogen and oxygen atoms in total. The van der Waals surface area contributed by atoms with Gasteiger partial charge in [-0.15, -0.1) is 5.10 Å². The van der Waals surface area contributed by atoms with Crippen LogP contribution in [-0.2, 0) is 0 Å². The molecule has 0 aliphatic heterocycles. The number of nitrogens with zero attached hydrogens (tertiary/aromatic N) is 1. The summed E-state index contributed by atoms with van der Waals surface area (Å²) < 4.78 is 13.6. The third-order valence-corrected chi connectivity index (χ3v) is 3.66. The molecule has 5 heteroatoms. The van der Waals surface area contributed by atoms with E-state index < -0.39 is 12.1 Å². The number of aliphatic hydroxyl groups excluding tert-OH is 1. The van der Waals surface area contributed by atoms with Crippen LogP contribution in [0, 0.1) is 5.95 Å². The molecular formula is C13H16FN3O. The third-order valence-electron chi connectivity index (χ3n) is 3.66. The van der Waals surface area contributed by atoms with E-state index in [9.17, 15) is 9.50 Å². The molecule has 1 aromatic heterocycles. The van der Waals surface area contributed by atoms with E-state index in [-0.39, 0.29) is 5.54 Å². The molecular weight excluding hydrogens is 233 g/mol. The van der Waals surface area contributed by atoms with E-state index in [1.165, 1.54) is 0 Å². The molecule has 0 amide bonds. The molecule has 1 fully saturated rings. The summed E-state index contributed by atoms with van der Waals surface area (Å²) in [7, 11) is 0. The maximum atomic E-state index is 13.6. The van der Waals surface area contributed by atoms with Crippen molar-refractivity contribution in [3.05, 3.63) is 29.7 Å². The fraction of sp³-hybridized carbons (Fsp3) is 0.462. The molecule has 1 heterocycles. The molecule has 3 rings (SSSR count). The zero-order chi connectivity index (χ0) is 12.8. The normalized spacial score (nSPS) is 19.1. The smallest absolute Gasteiger partial charge is 0.240 e. The first-order valence-electron chi connectivity index (χ1n) is 6.15. The van der Waals surface area contributed by atoms with Crippen molar-refractivity contribution in [1.29, 1.82) is 0 Å². The second-order valence-electron chi connectivity index (χ2n) is 5.24. The Balaban J connectivity index is 1.86. The van der Waals surface area contributed by atoms with E-state index in [2.05, 4.69) is 22.4 Å². The number of nitrogens with one attached hydrogen (secondary N) is 2. The number of halogens is 1. The topological polar surface area (TPSA) is 60.9 Å². The van der Waals surface area contributed by atoms with Crippen LogP contribution in [0.1, 0.15) is 31.4 Å². The van der Waals surface area contributed by atoms with Crippen LogP contribution in [-0.4, -0.2) is 27.4 Å². The standard InChI is InChI=1S/C13H16FN3O/c1-13(5-6-13)15-7-10(18)8-3-2-4-9-11(8)12(14)17-16-9/h2-4,10,15,18H,5-7H2,1H3,(H,16,17)/t10-/m0/s1. The number of aromatic nitrogens is 2. The Bertz CT molecular complexity index is 577. The van der Waals surface area contributed by atoms with Gasteiger partial charge in [-0.25, -0.2) is 0 Å². The monoisotopic (exact) mass is 249 g/mol. The molecule has 18 heavy (non-hydrogen) atoms. The summed E-state index contributed by atoms with van der Waals surface area (Å²) in [5.41, 5.74) is 1.35. The lowest BCUT2D eigenvalue weighted by atomic mass is 10.0. The molecule has 0 radical (unpaired) electrons. The summed E-state index contributed by atoms with van der Waals surface area (Å²) in [5, 5.41) is 20.0. The average molecular weight is 249 g/mol. The minimum Gasteiger partial charge on any atom is -0.387 e. The van der Waals surface area contributed by atoms with E-state index in [0.29, 0.717) is 23.0 Å². The predicted octanol–water partition coefficient (Wildman–Crippen LogP) is 1.88. The van der Waals surface area contributed by atoms with Gasteiger partial charge in [-0.3, -0.25) is 5.10 Å². The van der Waals surface area contributed by atoms with E-state index >= 15 is 0 Å². The lowest BCUT2D eigenvalue weighted by molar-refractivity contribution is 0.170. The third kappa shape index (κ3) is 2.00. The molecule has 0 bridgehead atoms. The van der Waals surface area contributed by atoms with Crippen LogP contribution in [0.15, 0.2) is 18.2 Å². The number of H-pyrrole nitrogens is 1. The van der Waals surface area contributed by atoms with E-state index in [1.54, 1.807) is 18.2 Å². The Morgan fingerprint density at radius 1 is 1.56 bits per heavy atom. The van der Waals surface area contributed by atoms with Gasteiger partial charge >= 0.3 is 0 Å². The molecule has 0 spiro atoms. The zero-order valence-electron chi connectivity index (χ0n) is 10.2. The van der Waals surface area contributed by atoms with Crippen molar-refractivity contribution in [1.82, 2.24) is 15.5 Å². The Hall–Kier alpha value is -1.46. The summed E-state index contributed by atoms with van der Waals surface area (Å²) in [6.07, 6.45) is 1.53. The molecule has 1 aliphatic rings. The Kier molecular flexibility index (Phi) is 2.60. The van der Waals surface area contributed by atoms with E-state index in [4.69, 9.17) is 0 Å². The van der Waals surface area contributed by atoms with Crippen molar-refractivity contribution in [3.8, 4) is 0 Å². The van der Waals surface area contributed by atoms with Crippen LogP contribution in [0.3, 0.4) is 0 Å². The second kappa shape index (κ2) is 4.03. The Labute approximate surface area is 104 Å². The summed E-state index contributed by atoms with van der Waals surface area (Å²) in [6.45, 7) is 2.55. The van der Waals surface area contributed by atoms with Crippen molar-refractivity contribution >= 4 is 10.9 Å². The maximum Gasteiger partial charge on any atom is 0.240 e. The van der Waals surface area contributed by atoms with Crippen LogP contribution >= 0.6 is 0 Å². The van der Waals surface area contributed by atoms with Crippen molar-refractivity contribution in [2.75, 3.05) is 6.54 Å². The highest BCUT2D eigenvalue weighted by Gasteiger charge is 2.37. The van der Waals surface area contributed by atoms with Gasteiger partial charge in [0, 0.05) is 12.1 Å². The largest absolute Gasteiger partial charge is 0.387 e. The lowest BCUT2D eigenvalue weighted by Crippen LogP contribution is -2.32. The van der Waals surface area contributed by atoms with Gasteiger partial charge in [0.2, 0.25) is 5.95 Å². The maximum absolute atomic E-state index is 13.6. The predicted molar refractivity (Wildman–Crippen MR) is 66.7 cm³/mol. The van der Waals surface area contributed by atoms with Crippen LogP contribution in [0.4, 0.5) is 4.39 Å². The second-order valence-corrected chi connectivity index (χ2v) is 5.24. The van der Waals surface area contributed by atoms with Gasteiger partial charge in [0.15, 0.2) is 0 Å². The minimum absolute atomic E-state index is 0.157. The average Bonchev–Trinajstić information content (AvgIpc) is 2.99. The summed E-state index contributed by atoms with van der Waals surface area (Å²) >= 11 is 0. The number of hydrogen-bond acceptors (Lipinski definition) is 3. The molecule has 3 N–H and O–H groups in total. The van der Waals surface area contributed by atoms with Gasteiger partial charge in [-0.2, -0.15) is 4.39 Å². The van der Waals surface area contributed by atoms with Gasteiger partial charge in [-0.05, 0) is 31.4 Å². The Morgan fingerprint density at radius 3 is 3.06 bits per heavy atom. The number of hydrogen-bond donors (Lipinski definition) is 3. The van der Waals surface area contributed by atoms with E-state index in [0.717, 1.165) is 12.8 Å². The first kappa shape index (κ1) is 11.6. The van der Waals surface area contributed by atoms with Gasteiger partial charge in [0.25, 0.3) is 0 Å². The van der Waals surface area contributed by atoms with E-state index in [1.807, 2.05) is 0 Å². The van der Waals surface area contributed by atoms with Crippen LogP contribution in [0.5, 0.6) is 0 Å². The number of aromatic amines is 1. The van der Waals surface area contributed by atoms with Crippen LogP contribution < -0.4 is 5.32 Å². The van der Waals surface area contributed by atoms with Crippen molar-refractivity contribution in [2.45, 2.75) is 31.4 Å². The zero-order valence-corrected chi connectivity index (χ0v) is 10.2. The molecule has 1 atom stereocenters. The van der Waals surface area contributed by atoms with Gasteiger partial charge in [0.05, 0.1) is 17.0 Å². The highest BCUT2D eigenvalue weighted by Crippen LogP contribution is 2.35. The van der Waals surface area contributed by atoms with Crippen molar-refractivity contribution in [3.63, 3.8) is 0 Å². The minimum atomic E-state index is -0.724. The summed E-state index contributed by atoms with van der Waals surface area (Å²) in [6, 6.07) is 5.27. The number of rotatable bonds is 4. The molecule has 1 saturated carbocycles. The number of benzene rings is 1. The van der Waals surface area contributed by atoms with Gasteiger partial charge in [-0.1, -0.05) is 12.1 Å². The first-order valence-corrected chi connectivity index (χ1v) is 6.15. The molecule has 1 aromatic carbocycles. The SMILES string of the molecule is CC1(NC[C@H](O)c2cccc3[nH]nc(F)c23)CC1. The molecule has 96 valence electrons. The van der Waals surface area contributed by atoms with Crippen molar-refractivity contribution < 1.29 is 9.50 Å². The number of aliphatic hydroxyl groups is 1. The quantitative estimate of drug-likeness (QED) is 0.775. The van der Waals surface area contributed by atoms with Crippen LogP contribution in [0.25, 0.3) is 10.9 Å². The van der Waals surface area contributed by atoms with Crippen molar-refractivity contribution in [2.24, 2.45) is 0 Å². The Morgan fingerprint density at radius 2 is 2.33 bits per heavy atom. The fourth-order valence-corrected chi connectivity index (χ4v) is 2.15. The van der Waals surface area contributed by atoms with Gasteiger partial charge < -0.3 is 10.4 Å². The lowest BCUT2D eigenvalue weighted by Gasteiger charge is -2.16. The first-order chi connectivity index (χ1) is 8.59. The highest BCUT2D eigenvalue weighted by atomic mass is 19.1. The highest BCUT2D eigenvalue weighted by molar-refractivity contribution is 5.82. The molecule has 1 aliphatic carbocycles. The molecule has 0 saturated heterocycles.